The molecular weight excluding hydrogens is 402 g/mol. The normalized spacial score (nSPS) is 11.1. The Morgan fingerprint density at radius 1 is 1.00 bits per heavy atom. The molecule has 2 aromatic rings. The van der Waals surface area contributed by atoms with Crippen LogP contribution in [-0.4, -0.2) is 20.3 Å². The zero-order chi connectivity index (χ0) is 20.7. The molecule has 2 rings (SSSR count). The van der Waals surface area contributed by atoms with E-state index in [0.29, 0.717) is 12.8 Å². The molecule has 1 amide bonds. The lowest BCUT2D eigenvalue weighted by atomic mass is 10.2. The molecule has 0 N–H and O–H groups in total. The molecule has 0 spiro atoms. The Morgan fingerprint density at radius 3 is 2.21 bits per heavy atom. The van der Waals surface area contributed by atoms with Crippen LogP contribution < -0.4 is 9.04 Å². The smallest absolute Gasteiger partial charge is 0.311 e. The Kier molecular flexibility index (Phi) is 7.60. The number of hydrogen-bond acceptors (Lipinski definition) is 5. The van der Waals surface area contributed by atoms with Gasteiger partial charge in [0, 0.05) is 12.8 Å². The molecule has 0 radical (unpaired) electrons. The summed E-state index contributed by atoms with van der Waals surface area (Å²) in [5, 5.41) is 0.0412. The van der Waals surface area contributed by atoms with Crippen LogP contribution in [0.2, 0.25) is 5.02 Å². The predicted molar refractivity (Wildman–Crippen MR) is 108 cm³/mol. The number of benzene rings is 2. The van der Waals surface area contributed by atoms with Crippen molar-refractivity contribution in [3.8, 4) is 5.75 Å². The summed E-state index contributed by atoms with van der Waals surface area (Å²) < 4.78 is 32.1. The van der Waals surface area contributed by atoms with Crippen LogP contribution in [0.5, 0.6) is 5.75 Å². The fraction of sp³-hybridized carbons (Fsp3) is 0.300. The van der Waals surface area contributed by atoms with Crippen LogP contribution >= 0.6 is 11.6 Å². The molecule has 150 valence electrons. The summed E-state index contributed by atoms with van der Waals surface area (Å²) >= 11 is 6.19. The van der Waals surface area contributed by atoms with Gasteiger partial charge >= 0.3 is 5.97 Å². The summed E-state index contributed by atoms with van der Waals surface area (Å²) in [5.74, 6) is -0.894. The minimum Gasteiger partial charge on any atom is -0.425 e. The minimum absolute atomic E-state index is 0.00553. The number of anilines is 1. The van der Waals surface area contributed by atoms with E-state index in [4.69, 9.17) is 16.3 Å². The number of carbonyl (C=O) groups excluding carboxylic acids is 2. The molecule has 8 heteroatoms. The van der Waals surface area contributed by atoms with Gasteiger partial charge in [-0.25, -0.2) is 12.7 Å². The molecule has 28 heavy (non-hydrogen) atoms. The highest BCUT2D eigenvalue weighted by Crippen LogP contribution is 2.33. The molecule has 0 bridgehead atoms. The van der Waals surface area contributed by atoms with Crippen LogP contribution in [-0.2, 0) is 19.6 Å². The summed E-state index contributed by atoms with van der Waals surface area (Å²) in [7, 11) is -4.12. The van der Waals surface area contributed by atoms with Gasteiger partial charge < -0.3 is 4.74 Å². The van der Waals surface area contributed by atoms with Gasteiger partial charge in [0.15, 0.2) is 0 Å². The number of nitrogens with zero attached hydrogens (tertiary/aromatic N) is 1. The second-order valence-electron chi connectivity index (χ2n) is 6.07. The number of halogens is 1. The van der Waals surface area contributed by atoms with Gasteiger partial charge in [-0.05, 0) is 43.2 Å². The van der Waals surface area contributed by atoms with Gasteiger partial charge in [-0.2, -0.15) is 0 Å². The second-order valence-corrected chi connectivity index (χ2v) is 8.26. The first-order valence-corrected chi connectivity index (χ1v) is 10.8. The lowest BCUT2D eigenvalue weighted by Crippen LogP contribution is -2.36. The van der Waals surface area contributed by atoms with Crippen LogP contribution in [0.15, 0.2) is 53.4 Å². The van der Waals surface area contributed by atoms with Gasteiger partial charge in [-0.3, -0.25) is 9.59 Å². The van der Waals surface area contributed by atoms with Gasteiger partial charge in [0.25, 0.3) is 10.0 Å². The Labute approximate surface area is 170 Å². The van der Waals surface area contributed by atoms with E-state index in [-0.39, 0.29) is 34.2 Å². The minimum atomic E-state index is -4.12. The fourth-order valence-electron chi connectivity index (χ4n) is 2.51. The highest BCUT2D eigenvalue weighted by Gasteiger charge is 2.30. The lowest BCUT2D eigenvalue weighted by Gasteiger charge is -2.23. The molecule has 0 aliphatic heterocycles. The molecule has 0 saturated heterocycles. The standard InChI is InChI=1S/C20H22ClNO5S/c1-3-8-19(23)22(28(25,26)16-10-6-5-7-11-16)15-12-13-18(17(21)14-15)27-20(24)9-4-2/h5-7,10-14H,3-4,8-9H2,1-2H3. The van der Waals surface area contributed by atoms with Crippen LogP contribution in [0.1, 0.15) is 39.5 Å². The summed E-state index contributed by atoms with van der Waals surface area (Å²) in [6, 6.07) is 11.8. The van der Waals surface area contributed by atoms with Gasteiger partial charge in [-0.15, -0.1) is 0 Å². The number of carbonyl (C=O) groups is 2. The van der Waals surface area contributed by atoms with Crippen molar-refractivity contribution in [2.75, 3.05) is 4.31 Å². The SMILES string of the molecule is CCCC(=O)Oc1ccc(N(C(=O)CCC)S(=O)(=O)c2ccccc2)cc1Cl. The zero-order valence-corrected chi connectivity index (χ0v) is 17.3. The van der Waals surface area contributed by atoms with Crippen LogP contribution in [0.25, 0.3) is 0 Å². The van der Waals surface area contributed by atoms with E-state index in [0.717, 1.165) is 4.31 Å². The molecule has 0 aliphatic rings. The van der Waals surface area contributed by atoms with Crippen molar-refractivity contribution in [2.24, 2.45) is 0 Å². The van der Waals surface area contributed by atoms with Gasteiger partial charge in [0.1, 0.15) is 5.75 Å². The van der Waals surface area contributed by atoms with E-state index in [1.807, 2.05) is 6.92 Å². The Balaban J connectivity index is 2.46. The molecule has 2 aromatic carbocycles. The van der Waals surface area contributed by atoms with E-state index >= 15 is 0 Å². The van der Waals surface area contributed by atoms with Crippen molar-refractivity contribution in [1.82, 2.24) is 0 Å². The summed E-state index contributed by atoms with van der Waals surface area (Å²) in [4.78, 5) is 24.3. The molecule has 0 atom stereocenters. The number of ether oxygens (including phenoxy) is 1. The molecule has 0 aromatic heterocycles. The van der Waals surface area contributed by atoms with Crippen molar-refractivity contribution in [3.05, 3.63) is 53.6 Å². The monoisotopic (exact) mass is 423 g/mol. The molecule has 0 unspecified atom stereocenters. The maximum absolute atomic E-state index is 13.1. The molecule has 6 nitrogen and oxygen atoms in total. The van der Waals surface area contributed by atoms with Crippen molar-refractivity contribution < 1.29 is 22.7 Å². The van der Waals surface area contributed by atoms with Crippen molar-refractivity contribution in [3.63, 3.8) is 0 Å². The first-order valence-electron chi connectivity index (χ1n) is 8.94. The van der Waals surface area contributed by atoms with E-state index in [1.165, 1.54) is 30.3 Å². The van der Waals surface area contributed by atoms with E-state index in [2.05, 4.69) is 0 Å². The van der Waals surface area contributed by atoms with Gasteiger partial charge in [0.2, 0.25) is 5.91 Å². The van der Waals surface area contributed by atoms with Gasteiger partial charge in [0.05, 0.1) is 15.6 Å². The second kappa shape index (κ2) is 9.71. The number of hydrogen-bond donors (Lipinski definition) is 0. The number of rotatable bonds is 8. The number of esters is 1. The van der Waals surface area contributed by atoms with Crippen LogP contribution in [0.4, 0.5) is 5.69 Å². The average Bonchev–Trinajstić information content (AvgIpc) is 2.65. The van der Waals surface area contributed by atoms with Crippen molar-refractivity contribution in [1.29, 1.82) is 0 Å². The highest BCUT2D eigenvalue weighted by atomic mass is 35.5. The summed E-state index contributed by atoms with van der Waals surface area (Å²) in [6.45, 7) is 3.63. The van der Waals surface area contributed by atoms with Crippen LogP contribution in [0.3, 0.4) is 0 Å². The highest BCUT2D eigenvalue weighted by molar-refractivity contribution is 7.93. The number of sulfonamides is 1. The van der Waals surface area contributed by atoms with Gasteiger partial charge in [-0.1, -0.05) is 43.6 Å². The van der Waals surface area contributed by atoms with E-state index in [1.54, 1.807) is 25.1 Å². The Hall–Kier alpha value is -2.38. The lowest BCUT2D eigenvalue weighted by molar-refractivity contribution is -0.134. The van der Waals surface area contributed by atoms with E-state index < -0.39 is 21.9 Å². The summed E-state index contributed by atoms with van der Waals surface area (Å²) in [6.07, 6.45) is 1.40. The quantitative estimate of drug-likeness (QED) is 0.459. The van der Waals surface area contributed by atoms with E-state index in [9.17, 15) is 18.0 Å². The van der Waals surface area contributed by atoms with Crippen molar-refractivity contribution in [2.45, 2.75) is 44.4 Å². The maximum Gasteiger partial charge on any atom is 0.311 e. The fourth-order valence-corrected chi connectivity index (χ4v) is 4.18. The first kappa shape index (κ1) is 21.9. The summed E-state index contributed by atoms with van der Waals surface area (Å²) in [5.41, 5.74) is 0.0857. The molecule has 0 aliphatic carbocycles. The third-order valence-corrected chi connectivity index (χ3v) is 5.86. The zero-order valence-electron chi connectivity index (χ0n) is 15.7. The topological polar surface area (TPSA) is 80.8 Å². The molecule has 0 saturated carbocycles. The molecule has 0 heterocycles. The Morgan fingerprint density at radius 2 is 1.64 bits per heavy atom. The molecular formula is C20H22ClNO5S. The average molecular weight is 424 g/mol. The molecule has 0 fully saturated rings. The first-order chi connectivity index (χ1) is 13.3. The van der Waals surface area contributed by atoms with Crippen molar-refractivity contribution >= 4 is 39.2 Å². The number of amides is 1. The van der Waals surface area contributed by atoms with Crippen LogP contribution in [0, 0.1) is 0 Å². The largest absolute Gasteiger partial charge is 0.425 e. The Bertz CT molecular complexity index is 944. The predicted octanol–water partition coefficient (Wildman–Crippen LogP) is 4.57. The third-order valence-electron chi connectivity index (χ3n) is 3.80. The maximum atomic E-state index is 13.1. The third kappa shape index (κ3) is 5.11.